The molecule has 2 heterocycles. The molecule has 3 aromatic rings. The van der Waals surface area contributed by atoms with Gasteiger partial charge in [-0.1, -0.05) is 28.1 Å². The molecule has 21 heavy (non-hydrogen) atoms. The van der Waals surface area contributed by atoms with E-state index in [0.29, 0.717) is 5.69 Å². The first-order chi connectivity index (χ1) is 10.2. The van der Waals surface area contributed by atoms with Crippen LogP contribution in [0.3, 0.4) is 0 Å². The third-order valence-electron chi connectivity index (χ3n) is 2.93. The number of hydrogen-bond donors (Lipinski definition) is 0. The number of carbonyl (C=O) groups excluding carboxylic acids is 1. The quantitative estimate of drug-likeness (QED) is 0.657. The first kappa shape index (κ1) is 14.0. The lowest BCUT2D eigenvalue weighted by molar-refractivity contribution is 0.0593. The van der Waals surface area contributed by atoms with Crippen molar-refractivity contribution >= 4 is 33.2 Å². The van der Waals surface area contributed by atoms with E-state index in [2.05, 4.69) is 21.0 Å². The van der Waals surface area contributed by atoms with Crippen LogP contribution in [-0.2, 0) is 4.74 Å². The van der Waals surface area contributed by atoms with Crippen LogP contribution >= 0.6 is 27.3 Å². The van der Waals surface area contributed by atoms with Gasteiger partial charge in [-0.3, -0.25) is 0 Å². The normalized spacial score (nSPS) is 10.6. The Bertz CT molecular complexity index is 781. The van der Waals surface area contributed by atoms with Crippen LogP contribution < -0.4 is 0 Å². The average Bonchev–Trinajstić information content (AvgIpc) is 3.15. The molecule has 0 spiro atoms. The van der Waals surface area contributed by atoms with Gasteiger partial charge >= 0.3 is 5.97 Å². The molecule has 0 amide bonds. The maximum atomic E-state index is 11.7. The van der Waals surface area contributed by atoms with Gasteiger partial charge in [0.2, 0.25) is 0 Å². The molecule has 2 aromatic heterocycles. The Labute approximate surface area is 134 Å². The number of hydrogen-bond acceptors (Lipinski definition) is 4. The van der Waals surface area contributed by atoms with Gasteiger partial charge in [-0.05, 0) is 29.6 Å². The van der Waals surface area contributed by atoms with Crippen LogP contribution in [0.5, 0.6) is 0 Å². The van der Waals surface area contributed by atoms with Crippen molar-refractivity contribution in [2.45, 2.75) is 0 Å². The first-order valence-corrected chi connectivity index (χ1v) is 7.84. The average molecular weight is 363 g/mol. The number of halogens is 1. The van der Waals surface area contributed by atoms with E-state index in [9.17, 15) is 4.79 Å². The van der Waals surface area contributed by atoms with Gasteiger partial charge in [0, 0.05) is 10.5 Å². The van der Waals surface area contributed by atoms with Crippen molar-refractivity contribution in [1.29, 1.82) is 0 Å². The number of thiophene rings is 1. The molecule has 0 unspecified atom stereocenters. The molecule has 0 atom stereocenters. The molecule has 0 fully saturated rings. The number of nitrogens with zero attached hydrogens (tertiary/aromatic N) is 2. The highest BCUT2D eigenvalue weighted by Gasteiger charge is 2.17. The van der Waals surface area contributed by atoms with E-state index >= 15 is 0 Å². The second-order valence-electron chi connectivity index (χ2n) is 4.28. The summed E-state index contributed by atoms with van der Waals surface area (Å²) >= 11 is 5.05. The van der Waals surface area contributed by atoms with Crippen LogP contribution in [0.4, 0.5) is 0 Å². The van der Waals surface area contributed by atoms with Gasteiger partial charge in [0.1, 0.15) is 0 Å². The van der Waals surface area contributed by atoms with Crippen molar-refractivity contribution in [2.24, 2.45) is 0 Å². The Morgan fingerprint density at radius 2 is 2.14 bits per heavy atom. The largest absolute Gasteiger partial charge is 0.464 e. The monoisotopic (exact) mass is 362 g/mol. The van der Waals surface area contributed by atoms with Crippen molar-refractivity contribution in [2.75, 3.05) is 7.11 Å². The van der Waals surface area contributed by atoms with Crippen molar-refractivity contribution in [1.82, 2.24) is 9.78 Å². The number of rotatable bonds is 3. The Morgan fingerprint density at radius 1 is 1.29 bits per heavy atom. The van der Waals surface area contributed by atoms with Gasteiger partial charge in [-0.2, -0.15) is 5.10 Å². The van der Waals surface area contributed by atoms with E-state index in [0.717, 1.165) is 20.7 Å². The smallest absolute Gasteiger partial charge is 0.358 e. The summed E-state index contributed by atoms with van der Waals surface area (Å²) in [4.78, 5) is 12.8. The van der Waals surface area contributed by atoms with Crippen LogP contribution in [0.2, 0.25) is 0 Å². The minimum atomic E-state index is -0.443. The van der Waals surface area contributed by atoms with Gasteiger partial charge in [0.15, 0.2) is 5.69 Å². The zero-order valence-electron chi connectivity index (χ0n) is 11.1. The van der Waals surface area contributed by atoms with E-state index in [1.54, 1.807) is 22.1 Å². The fraction of sp³-hybridized carbons (Fsp3) is 0.0667. The molecule has 4 nitrogen and oxygen atoms in total. The minimum Gasteiger partial charge on any atom is -0.464 e. The molecule has 1 aromatic carbocycles. The molecular formula is C15H11BrN2O2S. The van der Waals surface area contributed by atoms with Crippen LogP contribution in [0.25, 0.3) is 16.3 Å². The molecule has 0 N–H and O–H groups in total. The number of carbonyl (C=O) groups is 1. The molecule has 0 bridgehead atoms. The van der Waals surface area contributed by atoms with E-state index in [4.69, 9.17) is 4.74 Å². The van der Waals surface area contributed by atoms with Crippen LogP contribution in [0, 0.1) is 0 Å². The van der Waals surface area contributed by atoms with Crippen LogP contribution in [-0.4, -0.2) is 22.9 Å². The fourth-order valence-corrected chi connectivity index (χ4v) is 3.10. The topological polar surface area (TPSA) is 44.1 Å². The Morgan fingerprint density at radius 3 is 2.81 bits per heavy atom. The predicted octanol–water partition coefficient (Wildman–Crippen LogP) is 4.15. The summed E-state index contributed by atoms with van der Waals surface area (Å²) in [6, 6.07) is 13.5. The van der Waals surface area contributed by atoms with Crippen molar-refractivity contribution in [3.63, 3.8) is 0 Å². The van der Waals surface area contributed by atoms with Crippen LogP contribution in [0.15, 0.2) is 52.3 Å². The lowest BCUT2D eigenvalue weighted by Crippen LogP contribution is -2.04. The van der Waals surface area contributed by atoms with Gasteiger partial charge in [0.05, 0.1) is 23.4 Å². The second-order valence-corrected chi connectivity index (χ2v) is 6.14. The maximum Gasteiger partial charge on any atom is 0.358 e. The summed E-state index contributed by atoms with van der Waals surface area (Å²) < 4.78 is 7.46. The standard InChI is InChI=1S/C15H11BrN2O2S/c1-20-15(19)12-9-13(14-6-3-7-21-14)18(17-12)11-5-2-4-10(16)8-11/h2-9H,1H3. The predicted molar refractivity (Wildman–Crippen MR) is 85.9 cm³/mol. The molecule has 0 saturated carbocycles. The molecular weight excluding hydrogens is 352 g/mol. The molecule has 0 radical (unpaired) electrons. The highest BCUT2D eigenvalue weighted by molar-refractivity contribution is 9.10. The Balaban J connectivity index is 2.18. The highest BCUT2D eigenvalue weighted by atomic mass is 79.9. The maximum absolute atomic E-state index is 11.7. The number of benzene rings is 1. The molecule has 0 aliphatic rings. The van der Waals surface area contributed by atoms with E-state index in [-0.39, 0.29) is 0 Å². The molecule has 0 saturated heterocycles. The SMILES string of the molecule is COC(=O)c1cc(-c2cccs2)n(-c2cccc(Br)c2)n1. The summed E-state index contributed by atoms with van der Waals surface area (Å²) in [5.74, 6) is -0.443. The van der Waals surface area contributed by atoms with Crippen molar-refractivity contribution in [3.8, 4) is 16.3 Å². The Hall–Kier alpha value is -1.92. The summed E-state index contributed by atoms with van der Waals surface area (Å²) in [6.45, 7) is 0. The molecule has 0 aliphatic carbocycles. The summed E-state index contributed by atoms with van der Waals surface area (Å²) in [7, 11) is 1.35. The van der Waals surface area contributed by atoms with E-state index in [1.165, 1.54) is 7.11 Å². The number of aromatic nitrogens is 2. The lowest BCUT2D eigenvalue weighted by atomic mass is 10.3. The molecule has 6 heteroatoms. The lowest BCUT2D eigenvalue weighted by Gasteiger charge is -2.06. The summed E-state index contributed by atoms with van der Waals surface area (Å²) in [5, 5.41) is 6.37. The number of esters is 1. The second kappa shape index (κ2) is 5.83. The summed E-state index contributed by atoms with van der Waals surface area (Å²) in [6.07, 6.45) is 0. The van der Waals surface area contributed by atoms with Gasteiger partial charge < -0.3 is 4.74 Å². The van der Waals surface area contributed by atoms with Crippen LogP contribution in [0.1, 0.15) is 10.5 Å². The minimum absolute atomic E-state index is 0.292. The first-order valence-electron chi connectivity index (χ1n) is 6.17. The zero-order valence-corrected chi connectivity index (χ0v) is 13.5. The highest BCUT2D eigenvalue weighted by Crippen LogP contribution is 2.29. The number of methoxy groups -OCH3 is 1. The summed E-state index contributed by atoms with van der Waals surface area (Å²) in [5.41, 5.74) is 2.03. The van der Waals surface area contributed by atoms with E-state index < -0.39 is 5.97 Å². The molecule has 3 rings (SSSR count). The van der Waals surface area contributed by atoms with Gasteiger partial charge in [-0.25, -0.2) is 9.48 Å². The van der Waals surface area contributed by atoms with Gasteiger partial charge in [-0.15, -0.1) is 11.3 Å². The fourth-order valence-electron chi connectivity index (χ4n) is 1.99. The number of ether oxygens (including phenoxy) is 1. The zero-order chi connectivity index (χ0) is 14.8. The molecule has 0 aliphatic heterocycles. The third kappa shape index (κ3) is 2.77. The van der Waals surface area contributed by atoms with E-state index in [1.807, 2.05) is 41.8 Å². The Kier molecular flexibility index (Phi) is 3.90. The van der Waals surface area contributed by atoms with Crippen molar-refractivity contribution in [3.05, 3.63) is 58.0 Å². The van der Waals surface area contributed by atoms with Gasteiger partial charge in [0.25, 0.3) is 0 Å². The van der Waals surface area contributed by atoms with Crippen molar-refractivity contribution < 1.29 is 9.53 Å². The third-order valence-corrected chi connectivity index (χ3v) is 4.32. The molecule has 106 valence electrons.